The molecule has 4 heteroatoms. The van der Waals surface area contributed by atoms with Gasteiger partial charge in [0.15, 0.2) is 0 Å². The van der Waals surface area contributed by atoms with Crippen LogP contribution in [-0.4, -0.2) is 23.1 Å². The van der Waals surface area contributed by atoms with E-state index in [2.05, 4.69) is 10.1 Å². The molecule has 0 spiro atoms. The van der Waals surface area contributed by atoms with Crippen molar-refractivity contribution in [3.8, 4) is 0 Å². The molecule has 0 saturated carbocycles. The Morgan fingerprint density at radius 1 is 1.32 bits per heavy atom. The van der Waals surface area contributed by atoms with E-state index in [0.29, 0.717) is 5.92 Å². The molecule has 1 fully saturated rings. The lowest BCUT2D eigenvalue weighted by Gasteiger charge is -2.16. The third kappa shape index (κ3) is 3.22. The second kappa shape index (κ2) is 6.21. The van der Waals surface area contributed by atoms with Crippen molar-refractivity contribution in [1.82, 2.24) is 10.1 Å². The lowest BCUT2D eigenvalue weighted by atomic mass is 9.97. The zero-order chi connectivity index (χ0) is 15.7. The first kappa shape index (κ1) is 15.2. The molecule has 1 atom stereocenters. The minimum absolute atomic E-state index is 0.116. The highest BCUT2D eigenvalue weighted by molar-refractivity contribution is 5.24. The Hall–Kier alpha value is -1.68. The topological polar surface area (TPSA) is 29.3 Å². The van der Waals surface area contributed by atoms with Crippen LogP contribution in [0.1, 0.15) is 34.6 Å². The standard InChI is InChI=1S/C18H23FN2O/c1-12-8-15(4-5-18(12)19)9-16-6-7-21(10-16)11-17-13(2)20-22-14(17)3/h4-5,8,16H,6-7,9-11H2,1-3H3. The Kier molecular flexibility index (Phi) is 4.30. The molecular weight excluding hydrogens is 279 g/mol. The van der Waals surface area contributed by atoms with Crippen molar-refractivity contribution in [1.29, 1.82) is 0 Å². The molecule has 2 aromatic rings. The van der Waals surface area contributed by atoms with Gasteiger partial charge in [-0.3, -0.25) is 4.90 Å². The first-order valence-corrected chi connectivity index (χ1v) is 7.92. The van der Waals surface area contributed by atoms with E-state index >= 15 is 0 Å². The van der Waals surface area contributed by atoms with Gasteiger partial charge in [-0.05, 0) is 63.3 Å². The maximum absolute atomic E-state index is 13.3. The van der Waals surface area contributed by atoms with Gasteiger partial charge in [0.1, 0.15) is 11.6 Å². The van der Waals surface area contributed by atoms with Crippen molar-refractivity contribution in [2.75, 3.05) is 13.1 Å². The lowest BCUT2D eigenvalue weighted by molar-refractivity contribution is 0.312. The molecule has 0 amide bonds. The fourth-order valence-electron chi connectivity index (χ4n) is 3.34. The van der Waals surface area contributed by atoms with Crippen LogP contribution in [0.3, 0.4) is 0 Å². The first-order valence-electron chi connectivity index (χ1n) is 7.92. The molecule has 118 valence electrons. The Morgan fingerprint density at radius 2 is 2.14 bits per heavy atom. The number of nitrogens with zero attached hydrogens (tertiary/aromatic N) is 2. The number of benzene rings is 1. The predicted molar refractivity (Wildman–Crippen MR) is 84.2 cm³/mol. The quantitative estimate of drug-likeness (QED) is 0.860. The van der Waals surface area contributed by atoms with Gasteiger partial charge in [-0.2, -0.15) is 0 Å². The van der Waals surface area contributed by atoms with E-state index in [9.17, 15) is 4.39 Å². The average Bonchev–Trinajstić information content (AvgIpc) is 3.05. The second-order valence-corrected chi connectivity index (χ2v) is 6.48. The molecule has 3 nitrogen and oxygen atoms in total. The largest absolute Gasteiger partial charge is 0.361 e. The van der Waals surface area contributed by atoms with Crippen LogP contribution < -0.4 is 0 Å². The highest BCUT2D eigenvalue weighted by atomic mass is 19.1. The second-order valence-electron chi connectivity index (χ2n) is 6.48. The Morgan fingerprint density at radius 3 is 2.82 bits per heavy atom. The Balaban J connectivity index is 1.59. The summed E-state index contributed by atoms with van der Waals surface area (Å²) in [6, 6.07) is 5.48. The molecule has 1 saturated heterocycles. The molecule has 2 heterocycles. The van der Waals surface area contributed by atoms with E-state index in [1.54, 1.807) is 6.07 Å². The summed E-state index contributed by atoms with van der Waals surface area (Å²) >= 11 is 0. The van der Waals surface area contributed by atoms with Gasteiger partial charge in [0.2, 0.25) is 0 Å². The summed E-state index contributed by atoms with van der Waals surface area (Å²) in [7, 11) is 0. The molecule has 1 aliphatic rings. The molecule has 0 aliphatic carbocycles. The van der Waals surface area contributed by atoms with Crippen LogP contribution in [0.4, 0.5) is 4.39 Å². The average molecular weight is 302 g/mol. The highest BCUT2D eigenvalue weighted by Crippen LogP contribution is 2.25. The van der Waals surface area contributed by atoms with Crippen molar-refractivity contribution in [3.05, 3.63) is 52.2 Å². The number of hydrogen-bond donors (Lipinski definition) is 0. The molecule has 3 rings (SSSR count). The predicted octanol–water partition coefficient (Wildman–Crippen LogP) is 3.80. The molecule has 1 aromatic carbocycles. The Bertz CT molecular complexity index is 646. The number of likely N-dealkylation sites (tertiary alicyclic amines) is 1. The molecule has 1 unspecified atom stereocenters. The molecule has 22 heavy (non-hydrogen) atoms. The molecule has 1 aliphatic heterocycles. The zero-order valence-electron chi connectivity index (χ0n) is 13.5. The monoisotopic (exact) mass is 302 g/mol. The fourth-order valence-corrected chi connectivity index (χ4v) is 3.34. The minimum Gasteiger partial charge on any atom is -0.361 e. The summed E-state index contributed by atoms with van der Waals surface area (Å²) < 4.78 is 18.6. The lowest BCUT2D eigenvalue weighted by Crippen LogP contribution is -2.21. The summed E-state index contributed by atoms with van der Waals surface area (Å²) in [5.74, 6) is 1.45. The number of rotatable bonds is 4. The van der Waals surface area contributed by atoms with E-state index in [0.717, 1.165) is 43.1 Å². The van der Waals surface area contributed by atoms with Crippen molar-refractivity contribution in [2.45, 2.75) is 40.2 Å². The van der Waals surface area contributed by atoms with Crippen molar-refractivity contribution in [3.63, 3.8) is 0 Å². The minimum atomic E-state index is -0.116. The van der Waals surface area contributed by atoms with Crippen LogP contribution in [0.15, 0.2) is 22.7 Å². The van der Waals surface area contributed by atoms with Crippen LogP contribution in [0.5, 0.6) is 0 Å². The third-order valence-corrected chi connectivity index (χ3v) is 4.68. The van der Waals surface area contributed by atoms with Crippen LogP contribution >= 0.6 is 0 Å². The van der Waals surface area contributed by atoms with Crippen molar-refractivity contribution < 1.29 is 8.91 Å². The highest BCUT2D eigenvalue weighted by Gasteiger charge is 2.24. The van der Waals surface area contributed by atoms with Crippen molar-refractivity contribution in [2.24, 2.45) is 5.92 Å². The number of aromatic nitrogens is 1. The van der Waals surface area contributed by atoms with Gasteiger partial charge in [-0.25, -0.2) is 4.39 Å². The SMILES string of the molecule is Cc1cc(CC2CCN(Cc3c(C)noc3C)C2)ccc1F. The van der Waals surface area contributed by atoms with Gasteiger partial charge in [0.05, 0.1) is 5.69 Å². The number of aryl methyl sites for hydroxylation is 3. The fraction of sp³-hybridized carbons (Fsp3) is 0.500. The normalized spacial score (nSPS) is 19.0. The Labute approximate surface area is 131 Å². The summed E-state index contributed by atoms with van der Waals surface area (Å²) in [6.45, 7) is 8.91. The van der Waals surface area contributed by atoms with E-state index in [1.165, 1.54) is 17.5 Å². The van der Waals surface area contributed by atoms with Crippen LogP contribution in [0.25, 0.3) is 0 Å². The van der Waals surface area contributed by atoms with Gasteiger partial charge in [0.25, 0.3) is 0 Å². The molecule has 0 N–H and O–H groups in total. The van der Waals surface area contributed by atoms with E-state index in [-0.39, 0.29) is 5.82 Å². The summed E-state index contributed by atoms with van der Waals surface area (Å²) in [4.78, 5) is 2.47. The van der Waals surface area contributed by atoms with Gasteiger partial charge < -0.3 is 4.52 Å². The maximum Gasteiger partial charge on any atom is 0.138 e. The molecular formula is C18H23FN2O. The van der Waals surface area contributed by atoms with Crippen molar-refractivity contribution >= 4 is 0 Å². The van der Waals surface area contributed by atoms with Gasteiger partial charge in [-0.1, -0.05) is 17.3 Å². The van der Waals surface area contributed by atoms with E-state index in [4.69, 9.17) is 4.52 Å². The first-order chi connectivity index (χ1) is 10.5. The van der Waals surface area contributed by atoms with Crippen LogP contribution in [0.2, 0.25) is 0 Å². The summed E-state index contributed by atoms with van der Waals surface area (Å²) in [5, 5.41) is 4.03. The summed E-state index contributed by atoms with van der Waals surface area (Å²) in [6.07, 6.45) is 2.22. The van der Waals surface area contributed by atoms with Crippen LogP contribution in [-0.2, 0) is 13.0 Å². The van der Waals surface area contributed by atoms with Gasteiger partial charge in [-0.15, -0.1) is 0 Å². The molecule has 0 bridgehead atoms. The van der Waals surface area contributed by atoms with E-state index < -0.39 is 0 Å². The van der Waals surface area contributed by atoms with E-state index in [1.807, 2.05) is 32.9 Å². The summed E-state index contributed by atoms with van der Waals surface area (Å²) in [5.41, 5.74) is 4.19. The number of halogens is 1. The van der Waals surface area contributed by atoms with Gasteiger partial charge >= 0.3 is 0 Å². The molecule has 1 aromatic heterocycles. The third-order valence-electron chi connectivity index (χ3n) is 4.68. The van der Waals surface area contributed by atoms with Crippen LogP contribution in [0, 0.1) is 32.5 Å². The number of hydrogen-bond acceptors (Lipinski definition) is 3. The molecule has 0 radical (unpaired) electrons. The smallest absolute Gasteiger partial charge is 0.138 e. The van der Waals surface area contributed by atoms with Gasteiger partial charge in [0, 0.05) is 18.7 Å². The zero-order valence-corrected chi connectivity index (χ0v) is 13.5. The maximum atomic E-state index is 13.3.